The lowest BCUT2D eigenvalue weighted by Crippen LogP contribution is -2.46. The van der Waals surface area contributed by atoms with Gasteiger partial charge in [0.05, 0.1) is 0 Å². The van der Waals surface area contributed by atoms with Crippen LogP contribution in [0.15, 0.2) is 0 Å². The molecule has 0 spiro atoms. The molecule has 0 heterocycles. The predicted octanol–water partition coefficient (Wildman–Crippen LogP) is 2.31. The highest BCUT2D eigenvalue weighted by molar-refractivity contribution is 4.74. The standard InChI is InChI=1S/C18H42N4/c1-10-19(7)11-14-22(15-12-20(8)17(2)3)16-13-21(9)18(4,5)6/h17H,10-16H2,1-9H3. The van der Waals surface area contributed by atoms with Gasteiger partial charge in [-0.2, -0.15) is 0 Å². The summed E-state index contributed by atoms with van der Waals surface area (Å²) in [4.78, 5) is 9.90. The molecule has 0 N–H and O–H groups in total. The van der Waals surface area contributed by atoms with Crippen LogP contribution < -0.4 is 0 Å². The molecule has 0 unspecified atom stereocenters. The van der Waals surface area contributed by atoms with E-state index in [1.807, 2.05) is 0 Å². The van der Waals surface area contributed by atoms with Gasteiger partial charge in [-0.25, -0.2) is 0 Å². The van der Waals surface area contributed by atoms with Crippen LogP contribution in [-0.2, 0) is 0 Å². The van der Waals surface area contributed by atoms with Gasteiger partial charge in [0, 0.05) is 50.8 Å². The lowest BCUT2D eigenvalue weighted by molar-refractivity contribution is 0.130. The Bertz CT molecular complexity index is 273. The molecule has 0 rings (SSSR count). The highest BCUT2D eigenvalue weighted by atomic mass is 15.2. The van der Waals surface area contributed by atoms with Gasteiger partial charge in [-0.3, -0.25) is 4.90 Å². The molecule has 134 valence electrons. The van der Waals surface area contributed by atoms with E-state index in [-0.39, 0.29) is 5.54 Å². The van der Waals surface area contributed by atoms with Crippen molar-refractivity contribution in [3.8, 4) is 0 Å². The minimum atomic E-state index is 0.251. The summed E-state index contributed by atoms with van der Waals surface area (Å²) in [7, 11) is 6.67. The molecule has 0 aromatic heterocycles. The first-order chi connectivity index (χ1) is 10.1. The largest absolute Gasteiger partial charge is 0.305 e. The Hall–Kier alpha value is -0.160. The first-order valence-electron chi connectivity index (χ1n) is 8.90. The molecule has 22 heavy (non-hydrogen) atoms. The van der Waals surface area contributed by atoms with Gasteiger partial charge >= 0.3 is 0 Å². The molecule has 0 aliphatic carbocycles. The molecule has 0 atom stereocenters. The summed E-state index contributed by atoms with van der Waals surface area (Å²) < 4.78 is 0. The van der Waals surface area contributed by atoms with Crippen LogP contribution in [0.1, 0.15) is 41.5 Å². The lowest BCUT2D eigenvalue weighted by Gasteiger charge is -2.35. The van der Waals surface area contributed by atoms with Crippen molar-refractivity contribution >= 4 is 0 Å². The van der Waals surface area contributed by atoms with Crippen molar-refractivity contribution in [1.29, 1.82) is 0 Å². The maximum Gasteiger partial charge on any atom is 0.0122 e. The molecule has 4 heteroatoms. The number of hydrogen-bond acceptors (Lipinski definition) is 4. The molecule has 0 aliphatic rings. The van der Waals surface area contributed by atoms with Crippen molar-refractivity contribution in [2.45, 2.75) is 53.1 Å². The third-order valence-corrected chi connectivity index (χ3v) is 4.89. The van der Waals surface area contributed by atoms with Crippen molar-refractivity contribution in [3.63, 3.8) is 0 Å². The molecular weight excluding hydrogens is 272 g/mol. The molecule has 0 aromatic rings. The third kappa shape index (κ3) is 9.78. The third-order valence-electron chi connectivity index (χ3n) is 4.89. The van der Waals surface area contributed by atoms with Crippen molar-refractivity contribution < 1.29 is 0 Å². The first-order valence-corrected chi connectivity index (χ1v) is 8.90. The van der Waals surface area contributed by atoms with E-state index in [0.717, 1.165) is 45.8 Å². The molecular formula is C18H42N4. The van der Waals surface area contributed by atoms with Crippen LogP contribution in [0, 0.1) is 0 Å². The Morgan fingerprint density at radius 2 is 1.27 bits per heavy atom. The van der Waals surface area contributed by atoms with Gasteiger partial charge in [0.25, 0.3) is 0 Å². The summed E-state index contributed by atoms with van der Waals surface area (Å²) in [5.74, 6) is 0. The highest BCUT2D eigenvalue weighted by Crippen LogP contribution is 2.09. The summed E-state index contributed by atoms with van der Waals surface area (Å²) >= 11 is 0. The summed E-state index contributed by atoms with van der Waals surface area (Å²) in [6.07, 6.45) is 0. The second-order valence-electron chi connectivity index (χ2n) is 7.90. The van der Waals surface area contributed by atoms with Crippen LogP contribution in [0.25, 0.3) is 0 Å². The zero-order chi connectivity index (χ0) is 17.3. The summed E-state index contributed by atoms with van der Waals surface area (Å²) in [6.45, 7) is 21.6. The van der Waals surface area contributed by atoms with Crippen LogP contribution in [0.2, 0.25) is 0 Å². The zero-order valence-electron chi connectivity index (χ0n) is 16.8. The SMILES string of the molecule is CCN(C)CCN(CCN(C)C(C)C)CCN(C)C(C)(C)C. The zero-order valence-corrected chi connectivity index (χ0v) is 16.8. The van der Waals surface area contributed by atoms with Crippen molar-refractivity contribution in [2.24, 2.45) is 0 Å². The first kappa shape index (κ1) is 21.8. The van der Waals surface area contributed by atoms with Crippen LogP contribution in [0.5, 0.6) is 0 Å². The van der Waals surface area contributed by atoms with E-state index in [0.29, 0.717) is 6.04 Å². The quantitative estimate of drug-likeness (QED) is 0.580. The fraction of sp³-hybridized carbons (Fsp3) is 1.00. The molecule has 0 fully saturated rings. The van der Waals surface area contributed by atoms with Crippen LogP contribution in [-0.4, -0.2) is 98.1 Å². The topological polar surface area (TPSA) is 13.0 Å². The summed E-state index contributed by atoms with van der Waals surface area (Å²) in [5.41, 5.74) is 0.251. The average Bonchev–Trinajstić information content (AvgIpc) is 2.43. The second-order valence-corrected chi connectivity index (χ2v) is 7.90. The normalized spacial score (nSPS) is 13.4. The number of hydrogen-bond donors (Lipinski definition) is 0. The molecule has 4 nitrogen and oxygen atoms in total. The second kappa shape index (κ2) is 10.6. The fourth-order valence-corrected chi connectivity index (χ4v) is 1.99. The smallest absolute Gasteiger partial charge is 0.0122 e. The molecule has 0 aliphatic heterocycles. The Morgan fingerprint density at radius 3 is 1.73 bits per heavy atom. The fourth-order valence-electron chi connectivity index (χ4n) is 1.99. The van der Waals surface area contributed by atoms with E-state index in [2.05, 4.69) is 82.3 Å². The van der Waals surface area contributed by atoms with Crippen molar-refractivity contribution in [2.75, 3.05) is 67.0 Å². The lowest BCUT2D eigenvalue weighted by atomic mass is 10.1. The van der Waals surface area contributed by atoms with E-state index < -0.39 is 0 Å². The van der Waals surface area contributed by atoms with E-state index in [4.69, 9.17) is 0 Å². The minimum absolute atomic E-state index is 0.251. The Kier molecular flexibility index (Phi) is 10.5. The van der Waals surface area contributed by atoms with Crippen LogP contribution in [0.3, 0.4) is 0 Å². The van der Waals surface area contributed by atoms with Gasteiger partial charge in [-0.1, -0.05) is 6.92 Å². The maximum absolute atomic E-state index is 2.62. The molecule has 0 amide bonds. The van der Waals surface area contributed by atoms with Crippen LogP contribution >= 0.6 is 0 Å². The Balaban J connectivity index is 4.38. The highest BCUT2D eigenvalue weighted by Gasteiger charge is 2.18. The van der Waals surface area contributed by atoms with Crippen molar-refractivity contribution in [3.05, 3.63) is 0 Å². The maximum atomic E-state index is 2.62. The molecule has 0 aromatic carbocycles. The van der Waals surface area contributed by atoms with E-state index in [1.54, 1.807) is 0 Å². The van der Waals surface area contributed by atoms with E-state index in [9.17, 15) is 0 Å². The molecule has 0 bridgehead atoms. The van der Waals surface area contributed by atoms with E-state index in [1.165, 1.54) is 0 Å². The number of likely N-dealkylation sites (N-methyl/N-ethyl adjacent to an activating group) is 3. The Labute approximate surface area is 140 Å². The van der Waals surface area contributed by atoms with Crippen molar-refractivity contribution in [1.82, 2.24) is 19.6 Å². The van der Waals surface area contributed by atoms with Gasteiger partial charge in [-0.05, 0) is 62.3 Å². The van der Waals surface area contributed by atoms with Crippen LogP contribution in [0.4, 0.5) is 0 Å². The Morgan fingerprint density at radius 1 is 0.773 bits per heavy atom. The van der Waals surface area contributed by atoms with Gasteiger partial charge in [0.15, 0.2) is 0 Å². The van der Waals surface area contributed by atoms with E-state index >= 15 is 0 Å². The molecule has 0 saturated heterocycles. The average molecular weight is 315 g/mol. The molecule has 0 saturated carbocycles. The molecule has 0 radical (unpaired) electrons. The van der Waals surface area contributed by atoms with Gasteiger partial charge in [0.2, 0.25) is 0 Å². The minimum Gasteiger partial charge on any atom is -0.305 e. The summed E-state index contributed by atoms with van der Waals surface area (Å²) in [5, 5.41) is 0. The number of rotatable bonds is 11. The van der Waals surface area contributed by atoms with Gasteiger partial charge in [-0.15, -0.1) is 0 Å². The summed E-state index contributed by atoms with van der Waals surface area (Å²) in [6, 6.07) is 0.623. The monoisotopic (exact) mass is 314 g/mol. The van der Waals surface area contributed by atoms with Gasteiger partial charge in [0.1, 0.15) is 0 Å². The number of nitrogens with zero attached hydrogens (tertiary/aromatic N) is 4. The predicted molar refractivity (Wildman–Crippen MR) is 99.8 cm³/mol. The van der Waals surface area contributed by atoms with Gasteiger partial charge < -0.3 is 14.7 Å².